The average molecular weight is 415 g/mol. The van der Waals surface area contributed by atoms with Crippen LogP contribution in [0.3, 0.4) is 0 Å². The van der Waals surface area contributed by atoms with Crippen LogP contribution in [0, 0.1) is 4.91 Å². The lowest BCUT2D eigenvalue weighted by Gasteiger charge is -2.28. The summed E-state index contributed by atoms with van der Waals surface area (Å²) in [6.07, 6.45) is -4.72. The fourth-order valence-electron chi connectivity index (χ4n) is 3.52. The second-order valence-electron chi connectivity index (χ2n) is 7.46. The molecule has 1 heterocycles. The number of aliphatic carboxylic acids is 1. The molecule has 0 saturated carbocycles. The van der Waals surface area contributed by atoms with E-state index < -0.39 is 48.6 Å². The molecule has 4 unspecified atom stereocenters. The van der Waals surface area contributed by atoms with Gasteiger partial charge in [0.25, 0.3) is 0 Å². The predicted octanol–water partition coefficient (Wildman–Crippen LogP) is 2.74. The molecule has 7 nitrogen and oxygen atoms in total. The van der Waals surface area contributed by atoms with Gasteiger partial charge in [0.15, 0.2) is 0 Å². The van der Waals surface area contributed by atoms with E-state index in [1.807, 2.05) is 37.3 Å². The van der Waals surface area contributed by atoms with E-state index in [2.05, 4.69) is 10.5 Å². The minimum atomic E-state index is -5.04. The standard InChI is InChI=1S/C19H24F3N3O4/c1-12(8-9-14-6-4-3-5-7-14)23-13(2)16(26)25-11-18(24-29,19(20,21)22)10-15(25)17(27)28/h3-7,12-13,15,23H,8-11H2,1-2H3,(H,27,28). The van der Waals surface area contributed by atoms with E-state index in [4.69, 9.17) is 0 Å². The second-order valence-corrected chi connectivity index (χ2v) is 7.46. The number of carboxylic acids is 1. The van der Waals surface area contributed by atoms with Crippen LogP contribution in [0.15, 0.2) is 35.5 Å². The van der Waals surface area contributed by atoms with Gasteiger partial charge in [-0.2, -0.15) is 13.2 Å². The third kappa shape index (κ3) is 5.11. The molecular formula is C19H24F3N3O4. The van der Waals surface area contributed by atoms with E-state index in [-0.39, 0.29) is 6.04 Å². The Morgan fingerprint density at radius 2 is 1.93 bits per heavy atom. The zero-order chi connectivity index (χ0) is 21.8. The van der Waals surface area contributed by atoms with Gasteiger partial charge in [-0.15, -0.1) is 4.91 Å². The number of halogens is 3. The van der Waals surface area contributed by atoms with E-state index in [1.54, 1.807) is 0 Å². The van der Waals surface area contributed by atoms with Gasteiger partial charge in [0.2, 0.25) is 11.4 Å². The lowest BCUT2D eigenvalue weighted by molar-refractivity contribution is -0.182. The second kappa shape index (κ2) is 8.89. The Morgan fingerprint density at radius 3 is 2.45 bits per heavy atom. The van der Waals surface area contributed by atoms with Crippen LogP contribution in [0.25, 0.3) is 0 Å². The first-order chi connectivity index (χ1) is 13.5. The maximum atomic E-state index is 13.3. The third-order valence-corrected chi connectivity index (χ3v) is 5.22. The number of nitrogens with one attached hydrogen (secondary N) is 1. The Bertz CT molecular complexity index is 744. The molecule has 0 radical (unpaired) electrons. The summed E-state index contributed by atoms with van der Waals surface area (Å²) in [6.45, 7) is 2.20. The molecule has 1 aromatic carbocycles. The molecule has 10 heteroatoms. The van der Waals surface area contributed by atoms with Crippen LogP contribution >= 0.6 is 0 Å². The van der Waals surface area contributed by atoms with Gasteiger partial charge in [-0.1, -0.05) is 35.5 Å². The molecule has 1 aliphatic rings. The van der Waals surface area contributed by atoms with E-state index >= 15 is 0 Å². The van der Waals surface area contributed by atoms with Crippen molar-refractivity contribution in [1.29, 1.82) is 0 Å². The summed E-state index contributed by atoms with van der Waals surface area (Å²) in [6, 6.07) is 6.83. The lowest BCUT2D eigenvalue weighted by atomic mass is 9.96. The lowest BCUT2D eigenvalue weighted by Crippen LogP contribution is -2.52. The smallest absolute Gasteiger partial charge is 0.418 e. The fraction of sp³-hybridized carbons (Fsp3) is 0.579. The molecule has 0 aliphatic carbocycles. The van der Waals surface area contributed by atoms with Gasteiger partial charge in [-0.3, -0.25) is 4.79 Å². The zero-order valence-electron chi connectivity index (χ0n) is 16.1. The number of nitroso groups, excluding NO2 is 1. The van der Waals surface area contributed by atoms with Crippen LogP contribution in [0.2, 0.25) is 0 Å². The molecule has 29 heavy (non-hydrogen) atoms. The fourth-order valence-corrected chi connectivity index (χ4v) is 3.52. The number of nitrogens with zero attached hydrogens (tertiary/aromatic N) is 2. The molecule has 1 aliphatic heterocycles. The third-order valence-electron chi connectivity index (χ3n) is 5.22. The van der Waals surface area contributed by atoms with Crippen molar-refractivity contribution in [2.24, 2.45) is 5.18 Å². The number of aryl methyl sites for hydroxylation is 1. The summed E-state index contributed by atoms with van der Waals surface area (Å²) in [5, 5.41) is 14.5. The number of rotatable bonds is 8. The van der Waals surface area contributed by atoms with E-state index in [1.165, 1.54) is 6.92 Å². The largest absolute Gasteiger partial charge is 0.480 e. The van der Waals surface area contributed by atoms with Crippen LogP contribution in [0.5, 0.6) is 0 Å². The molecule has 0 bridgehead atoms. The van der Waals surface area contributed by atoms with Gasteiger partial charge in [0, 0.05) is 12.5 Å². The Labute approximate surface area is 166 Å². The van der Waals surface area contributed by atoms with Crippen LogP contribution in [0.4, 0.5) is 13.2 Å². The van der Waals surface area contributed by atoms with Crippen molar-refractivity contribution >= 4 is 11.9 Å². The van der Waals surface area contributed by atoms with Gasteiger partial charge in [-0.25, -0.2) is 4.79 Å². The van der Waals surface area contributed by atoms with Crippen molar-refractivity contribution in [2.75, 3.05) is 6.54 Å². The van der Waals surface area contributed by atoms with Gasteiger partial charge in [0.1, 0.15) is 6.04 Å². The molecule has 1 aromatic rings. The average Bonchev–Trinajstić information content (AvgIpc) is 3.08. The molecule has 0 aromatic heterocycles. The topological polar surface area (TPSA) is 99.1 Å². The molecule has 0 spiro atoms. The molecule has 4 atom stereocenters. The number of benzene rings is 1. The van der Waals surface area contributed by atoms with Crippen molar-refractivity contribution in [3.05, 3.63) is 40.8 Å². The number of amides is 1. The molecule has 1 fully saturated rings. The highest BCUT2D eigenvalue weighted by atomic mass is 19.4. The normalized spacial score (nSPS) is 24.2. The zero-order valence-corrected chi connectivity index (χ0v) is 16.1. The Balaban J connectivity index is 2.04. The molecule has 160 valence electrons. The number of alkyl halides is 3. The summed E-state index contributed by atoms with van der Waals surface area (Å²) < 4.78 is 40.0. The first-order valence-electron chi connectivity index (χ1n) is 9.25. The van der Waals surface area contributed by atoms with Crippen molar-refractivity contribution in [1.82, 2.24) is 10.2 Å². The summed E-state index contributed by atoms with van der Waals surface area (Å²) in [7, 11) is 0. The summed E-state index contributed by atoms with van der Waals surface area (Å²) in [4.78, 5) is 35.7. The molecule has 2 rings (SSSR count). The molecule has 1 amide bonds. The number of carbonyl (C=O) groups is 2. The van der Waals surface area contributed by atoms with Crippen LogP contribution in [-0.4, -0.2) is 58.3 Å². The Kier molecular flexibility index (Phi) is 6.99. The highest BCUT2D eigenvalue weighted by Gasteiger charge is 2.65. The van der Waals surface area contributed by atoms with Gasteiger partial charge in [0.05, 0.1) is 12.6 Å². The SMILES string of the molecule is CC(CCc1ccccc1)NC(C)C(=O)N1CC(N=O)(C(F)(F)F)CC1C(=O)O. The number of carbonyl (C=O) groups excluding carboxylic acids is 1. The summed E-state index contributed by atoms with van der Waals surface area (Å²) in [5.74, 6) is -2.41. The number of hydrogen-bond acceptors (Lipinski definition) is 5. The Hall–Kier alpha value is -2.49. The first kappa shape index (κ1) is 22.8. The summed E-state index contributed by atoms with van der Waals surface area (Å²) >= 11 is 0. The van der Waals surface area contributed by atoms with Gasteiger partial charge < -0.3 is 15.3 Å². The predicted molar refractivity (Wildman–Crippen MR) is 99.2 cm³/mol. The van der Waals surface area contributed by atoms with Gasteiger partial charge >= 0.3 is 12.1 Å². The monoisotopic (exact) mass is 415 g/mol. The Morgan fingerprint density at radius 1 is 1.31 bits per heavy atom. The highest BCUT2D eigenvalue weighted by molar-refractivity contribution is 5.87. The quantitative estimate of drug-likeness (QED) is 0.636. The van der Waals surface area contributed by atoms with Crippen molar-refractivity contribution in [3.63, 3.8) is 0 Å². The molecule has 2 N–H and O–H groups in total. The van der Waals surface area contributed by atoms with Crippen LogP contribution in [-0.2, 0) is 16.0 Å². The minimum Gasteiger partial charge on any atom is -0.480 e. The van der Waals surface area contributed by atoms with Crippen LogP contribution < -0.4 is 5.32 Å². The maximum absolute atomic E-state index is 13.3. The maximum Gasteiger partial charge on any atom is 0.418 e. The number of likely N-dealkylation sites (tertiary alicyclic amines) is 1. The van der Waals surface area contributed by atoms with Crippen LogP contribution in [0.1, 0.15) is 32.3 Å². The van der Waals surface area contributed by atoms with E-state index in [0.29, 0.717) is 11.3 Å². The first-order valence-corrected chi connectivity index (χ1v) is 9.25. The summed E-state index contributed by atoms with van der Waals surface area (Å²) in [5.41, 5.74) is -2.00. The number of hydrogen-bond donors (Lipinski definition) is 2. The van der Waals surface area contributed by atoms with Crippen molar-refractivity contribution in [2.45, 2.75) is 63.0 Å². The molecular weight excluding hydrogens is 391 g/mol. The van der Waals surface area contributed by atoms with E-state index in [0.717, 1.165) is 12.0 Å². The highest BCUT2D eigenvalue weighted by Crippen LogP contribution is 2.43. The number of carboxylic acid groups (broad SMARTS) is 1. The van der Waals surface area contributed by atoms with Gasteiger partial charge in [-0.05, 0) is 32.3 Å². The van der Waals surface area contributed by atoms with Crippen molar-refractivity contribution in [3.8, 4) is 0 Å². The van der Waals surface area contributed by atoms with Crippen molar-refractivity contribution < 1.29 is 27.9 Å². The van der Waals surface area contributed by atoms with E-state index in [9.17, 15) is 32.8 Å². The molecule has 1 saturated heterocycles. The minimum absolute atomic E-state index is 0.142.